The number of carbonyl (C=O) groups is 1. The Morgan fingerprint density at radius 2 is 1.95 bits per heavy atom. The first-order valence-corrected chi connectivity index (χ1v) is 12.1. The standard InChI is InChI=1S/C24H35N9O4/c1-30(20-17-21(28-24(25)27-20)33-13-14-37-23(33)22(34)29-26)7-8-31-9-11-32(12-10-31)18-3-5-19(6-4-18)36-16-15-35-2/h3-6,13-14,17,23H,7-12,15-16,26H2,1-2H3,(H,29,34)(H2,25,27,28). The molecule has 2 aliphatic heterocycles. The van der Waals surface area contributed by atoms with E-state index < -0.39 is 12.1 Å². The number of nitrogens with one attached hydrogen (secondary N) is 1. The van der Waals surface area contributed by atoms with Crippen LogP contribution in [0.1, 0.15) is 0 Å². The molecule has 0 saturated carbocycles. The van der Waals surface area contributed by atoms with Gasteiger partial charge in [-0.15, -0.1) is 0 Å². The molecule has 37 heavy (non-hydrogen) atoms. The van der Waals surface area contributed by atoms with Crippen molar-refractivity contribution in [2.45, 2.75) is 6.23 Å². The highest BCUT2D eigenvalue weighted by Gasteiger charge is 2.30. The highest BCUT2D eigenvalue weighted by Crippen LogP contribution is 2.25. The van der Waals surface area contributed by atoms with Gasteiger partial charge in [0.2, 0.25) is 5.95 Å². The molecule has 5 N–H and O–H groups in total. The van der Waals surface area contributed by atoms with Crippen molar-refractivity contribution in [1.29, 1.82) is 0 Å². The number of hydrazine groups is 1. The second-order valence-electron chi connectivity index (χ2n) is 8.72. The zero-order valence-corrected chi connectivity index (χ0v) is 21.2. The van der Waals surface area contributed by atoms with Gasteiger partial charge in [0.15, 0.2) is 0 Å². The second-order valence-corrected chi connectivity index (χ2v) is 8.72. The molecular weight excluding hydrogens is 478 g/mol. The summed E-state index contributed by atoms with van der Waals surface area (Å²) in [5.41, 5.74) is 9.26. The number of ether oxygens (including phenoxy) is 3. The fourth-order valence-corrected chi connectivity index (χ4v) is 4.17. The molecule has 2 aromatic rings. The van der Waals surface area contributed by atoms with Gasteiger partial charge in [-0.3, -0.25) is 20.0 Å². The molecule has 2 aliphatic rings. The number of hydrogen-bond acceptors (Lipinski definition) is 12. The molecule has 13 heteroatoms. The summed E-state index contributed by atoms with van der Waals surface area (Å²) in [6.07, 6.45) is 2.06. The van der Waals surface area contributed by atoms with Crippen molar-refractivity contribution >= 4 is 29.2 Å². The average molecular weight is 514 g/mol. The van der Waals surface area contributed by atoms with E-state index in [2.05, 4.69) is 37.3 Å². The summed E-state index contributed by atoms with van der Waals surface area (Å²) in [5.74, 6) is 6.82. The molecular formula is C24H35N9O4. The number of hydrogen-bond donors (Lipinski definition) is 3. The highest BCUT2D eigenvalue weighted by atomic mass is 16.5. The zero-order valence-electron chi connectivity index (χ0n) is 21.2. The Balaban J connectivity index is 1.27. The fourth-order valence-electron chi connectivity index (χ4n) is 4.17. The third-order valence-electron chi connectivity index (χ3n) is 6.30. The first-order chi connectivity index (χ1) is 18.0. The number of methoxy groups -OCH3 is 1. The number of nitrogens with zero attached hydrogens (tertiary/aromatic N) is 6. The summed E-state index contributed by atoms with van der Waals surface area (Å²) in [6, 6.07) is 9.98. The molecule has 1 amide bonds. The van der Waals surface area contributed by atoms with Crippen LogP contribution in [-0.2, 0) is 14.3 Å². The van der Waals surface area contributed by atoms with Crippen LogP contribution in [0.15, 0.2) is 42.8 Å². The van der Waals surface area contributed by atoms with Gasteiger partial charge < -0.3 is 29.7 Å². The summed E-state index contributed by atoms with van der Waals surface area (Å²) in [4.78, 5) is 29.0. The summed E-state index contributed by atoms with van der Waals surface area (Å²) in [5, 5.41) is 0. The summed E-state index contributed by atoms with van der Waals surface area (Å²) < 4.78 is 16.0. The van der Waals surface area contributed by atoms with Gasteiger partial charge in [0.1, 0.15) is 30.3 Å². The van der Waals surface area contributed by atoms with Crippen LogP contribution < -0.4 is 36.4 Å². The molecule has 200 valence electrons. The van der Waals surface area contributed by atoms with E-state index in [0.29, 0.717) is 24.8 Å². The van der Waals surface area contributed by atoms with Crippen LogP contribution in [0.3, 0.4) is 0 Å². The van der Waals surface area contributed by atoms with Crippen LogP contribution in [0.4, 0.5) is 23.3 Å². The van der Waals surface area contributed by atoms with E-state index in [1.807, 2.05) is 24.1 Å². The summed E-state index contributed by atoms with van der Waals surface area (Å²) >= 11 is 0. The second kappa shape index (κ2) is 12.4. The molecule has 1 unspecified atom stereocenters. The molecule has 0 spiro atoms. The maximum absolute atomic E-state index is 12.0. The number of piperazine rings is 1. The topological polar surface area (TPSA) is 148 Å². The molecule has 1 fully saturated rings. The van der Waals surface area contributed by atoms with Gasteiger partial charge in [-0.25, -0.2) is 5.84 Å². The predicted octanol–water partition coefficient (Wildman–Crippen LogP) is -0.0338. The number of aromatic nitrogens is 2. The lowest BCUT2D eigenvalue weighted by Crippen LogP contribution is -2.48. The Morgan fingerprint density at radius 3 is 2.65 bits per heavy atom. The van der Waals surface area contributed by atoms with E-state index in [0.717, 1.165) is 45.0 Å². The highest BCUT2D eigenvalue weighted by molar-refractivity contribution is 5.84. The maximum atomic E-state index is 12.0. The SMILES string of the molecule is COCCOc1ccc(N2CCN(CCN(C)c3cc(N4C=COC4C(=O)NN)nc(N)n3)CC2)cc1. The van der Waals surface area contributed by atoms with E-state index in [-0.39, 0.29) is 5.95 Å². The summed E-state index contributed by atoms with van der Waals surface area (Å²) in [6.45, 7) is 6.56. The van der Waals surface area contributed by atoms with Crippen molar-refractivity contribution in [3.63, 3.8) is 0 Å². The van der Waals surface area contributed by atoms with Gasteiger partial charge in [-0.1, -0.05) is 0 Å². The van der Waals surface area contributed by atoms with Crippen LogP contribution in [0.25, 0.3) is 0 Å². The molecule has 1 saturated heterocycles. The lowest BCUT2D eigenvalue weighted by molar-refractivity contribution is -0.128. The lowest BCUT2D eigenvalue weighted by atomic mass is 10.2. The van der Waals surface area contributed by atoms with Crippen molar-refractivity contribution in [3.8, 4) is 5.75 Å². The molecule has 3 heterocycles. The van der Waals surface area contributed by atoms with Crippen LogP contribution in [-0.4, -0.2) is 93.6 Å². The molecule has 4 rings (SSSR count). The number of anilines is 4. The fraction of sp³-hybridized carbons (Fsp3) is 0.458. The van der Waals surface area contributed by atoms with Crippen LogP contribution in [0.5, 0.6) is 5.75 Å². The maximum Gasteiger partial charge on any atom is 0.296 e. The van der Waals surface area contributed by atoms with Gasteiger partial charge >= 0.3 is 0 Å². The van der Waals surface area contributed by atoms with Gasteiger partial charge in [0.25, 0.3) is 12.1 Å². The number of carbonyl (C=O) groups excluding carboxylic acids is 1. The van der Waals surface area contributed by atoms with Crippen LogP contribution >= 0.6 is 0 Å². The molecule has 13 nitrogen and oxygen atoms in total. The largest absolute Gasteiger partial charge is 0.491 e. The molecule has 0 bridgehead atoms. The third-order valence-corrected chi connectivity index (χ3v) is 6.30. The van der Waals surface area contributed by atoms with Gasteiger partial charge in [0, 0.05) is 71.4 Å². The first kappa shape index (κ1) is 26.3. The van der Waals surface area contributed by atoms with Crippen molar-refractivity contribution in [2.24, 2.45) is 5.84 Å². The molecule has 1 atom stereocenters. The van der Waals surface area contributed by atoms with Crippen LogP contribution in [0.2, 0.25) is 0 Å². The average Bonchev–Trinajstić information content (AvgIpc) is 3.42. The zero-order chi connectivity index (χ0) is 26.2. The lowest BCUT2D eigenvalue weighted by Gasteiger charge is -2.37. The van der Waals surface area contributed by atoms with Gasteiger partial charge in [-0.2, -0.15) is 9.97 Å². The molecule has 0 aliphatic carbocycles. The monoisotopic (exact) mass is 513 g/mol. The number of likely N-dealkylation sites (N-methyl/N-ethyl adjacent to an activating group) is 1. The number of benzene rings is 1. The van der Waals surface area contributed by atoms with E-state index >= 15 is 0 Å². The minimum Gasteiger partial charge on any atom is -0.491 e. The minimum absolute atomic E-state index is 0.107. The summed E-state index contributed by atoms with van der Waals surface area (Å²) in [7, 11) is 3.62. The van der Waals surface area contributed by atoms with Crippen molar-refractivity contribution in [1.82, 2.24) is 20.3 Å². The Labute approximate surface area is 216 Å². The Kier molecular flexibility index (Phi) is 8.82. The Bertz CT molecular complexity index is 1060. The normalized spacial score (nSPS) is 17.5. The van der Waals surface area contributed by atoms with E-state index in [1.165, 1.54) is 11.9 Å². The molecule has 1 aromatic heterocycles. The Morgan fingerprint density at radius 1 is 1.19 bits per heavy atom. The number of nitrogens with two attached hydrogens (primary N) is 2. The Hall–Kier alpha value is -3.81. The third kappa shape index (κ3) is 6.70. The minimum atomic E-state index is -0.951. The quantitative estimate of drug-likeness (QED) is 0.160. The molecule has 1 aromatic carbocycles. The van der Waals surface area contributed by atoms with Crippen molar-refractivity contribution < 1.29 is 19.0 Å². The first-order valence-electron chi connectivity index (χ1n) is 12.1. The smallest absolute Gasteiger partial charge is 0.296 e. The van der Waals surface area contributed by atoms with E-state index in [9.17, 15) is 4.79 Å². The predicted molar refractivity (Wildman–Crippen MR) is 141 cm³/mol. The number of rotatable bonds is 11. The van der Waals surface area contributed by atoms with Gasteiger partial charge in [-0.05, 0) is 24.3 Å². The molecule has 0 radical (unpaired) electrons. The van der Waals surface area contributed by atoms with E-state index in [4.69, 9.17) is 25.8 Å². The number of nitrogen functional groups attached to an aromatic ring is 1. The van der Waals surface area contributed by atoms with Crippen molar-refractivity contribution in [2.75, 3.05) is 87.1 Å². The van der Waals surface area contributed by atoms with Crippen LogP contribution in [0, 0.1) is 0 Å². The van der Waals surface area contributed by atoms with E-state index in [1.54, 1.807) is 24.3 Å². The van der Waals surface area contributed by atoms with Crippen molar-refractivity contribution in [3.05, 3.63) is 42.8 Å². The number of amides is 1. The van der Waals surface area contributed by atoms with Gasteiger partial charge in [0.05, 0.1) is 6.61 Å².